The Morgan fingerprint density at radius 1 is 1.20 bits per heavy atom. The van der Waals surface area contributed by atoms with Crippen LogP contribution in [0.1, 0.15) is 32.1 Å². The summed E-state index contributed by atoms with van der Waals surface area (Å²) >= 11 is 0. The van der Waals surface area contributed by atoms with Crippen molar-refractivity contribution in [2.75, 3.05) is 0 Å². The van der Waals surface area contributed by atoms with Gasteiger partial charge < -0.3 is 10.0 Å². The molecule has 1 aliphatic rings. The summed E-state index contributed by atoms with van der Waals surface area (Å²) < 4.78 is 0. The molecule has 0 fully saturated rings. The van der Waals surface area contributed by atoms with Gasteiger partial charge in [-0.25, -0.2) is 9.78 Å². The van der Waals surface area contributed by atoms with Gasteiger partial charge in [0.25, 0.3) is 5.91 Å². The zero-order valence-corrected chi connectivity index (χ0v) is 10.6. The second-order valence-electron chi connectivity index (χ2n) is 4.64. The third kappa shape index (κ3) is 2.14. The molecule has 0 aliphatic carbocycles. The number of aromatic carboxylic acids is 1. The Labute approximate surface area is 115 Å². The average Bonchev–Trinajstić information content (AvgIpc) is 2.76. The molecule has 5 heteroatoms. The molecule has 1 amide bonds. The van der Waals surface area contributed by atoms with E-state index in [9.17, 15) is 9.59 Å². The van der Waals surface area contributed by atoms with Crippen LogP contribution in [0.2, 0.25) is 0 Å². The molecular weight excluding hydrogens is 256 g/mol. The number of hydrogen-bond acceptors (Lipinski definition) is 3. The lowest BCUT2D eigenvalue weighted by atomic mass is 10.1. The van der Waals surface area contributed by atoms with E-state index in [4.69, 9.17) is 5.11 Å². The van der Waals surface area contributed by atoms with Crippen molar-refractivity contribution in [3.63, 3.8) is 0 Å². The number of carboxylic acid groups (broad SMARTS) is 1. The molecular formula is C15H12N2O3. The number of nitrogens with zero attached hydrogens (tertiary/aromatic N) is 2. The van der Waals surface area contributed by atoms with Gasteiger partial charge in [-0.05, 0) is 23.8 Å². The van der Waals surface area contributed by atoms with Crippen molar-refractivity contribution >= 4 is 11.9 Å². The molecule has 0 saturated heterocycles. The fraction of sp³-hybridized carbons (Fsp3) is 0.133. The molecule has 1 N–H and O–H groups in total. The maximum absolute atomic E-state index is 12.2. The number of amides is 1. The van der Waals surface area contributed by atoms with Crippen LogP contribution in [0.5, 0.6) is 0 Å². The molecule has 0 radical (unpaired) electrons. The average molecular weight is 268 g/mol. The largest absolute Gasteiger partial charge is 0.477 e. The van der Waals surface area contributed by atoms with Crippen molar-refractivity contribution in [3.05, 3.63) is 65.0 Å². The number of rotatable bonds is 3. The highest BCUT2D eigenvalue weighted by Gasteiger charge is 2.26. The Hall–Kier alpha value is -2.69. The number of carbonyl (C=O) groups excluding carboxylic acids is 1. The molecule has 0 unspecified atom stereocenters. The van der Waals surface area contributed by atoms with Crippen molar-refractivity contribution < 1.29 is 14.7 Å². The van der Waals surface area contributed by atoms with Crippen LogP contribution in [0.3, 0.4) is 0 Å². The van der Waals surface area contributed by atoms with E-state index in [1.807, 2.05) is 18.2 Å². The van der Waals surface area contributed by atoms with Gasteiger partial charge in [0.1, 0.15) is 5.69 Å². The van der Waals surface area contributed by atoms with Crippen molar-refractivity contribution in [2.45, 2.75) is 13.1 Å². The summed E-state index contributed by atoms with van der Waals surface area (Å²) in [5.74, 6) is -1.11. The van der Waals surface area contributed by atoms with E-state index in [-0.39, 0.29) is 11.6 Å². The van der Waals surface area contributed by atoms with Gasteiger partial charge in [0.05, 0.1) is 12.2 Å². The molecule has 2 aromatic rings. The SMILES string of the molecule is O=C(O)c1cccc(CN2Cc3ccccc3C2=O)n1. The van der Waals surface area contributed by atoms with Gasteiger partial charge in [-0.1, -0.05) is 24.3 Å². The normalized spacial score (nSPS) is 13.4. The van der Waals surface area contributed by atoms with Crippen LogP contribution in [-0.2, 0) is 13.1 Å². The fourth-order valence-corrected chi connectivity index (χ4v) is 2.32. The Bertz CT molecular complexity index is 697. The van der Waals surface area contributed by atoms with E-state index < -0.39 is 5.97 Å². The van der Waals surface area contributed by atoms with Gasteiger partial charge >= 0.3 is 5.97 Å². The third-order valence-electron chi connectivity index (χ3n) is 3.27. The van der Waals surface area contributed by atoms with Gasteiger partial charge in [-0.15, -0.1) is 0 Å². The molecule has 100 valence electrons. The van der Waals surface area contributed by atoms with Crippen LogP contribution < -0.4 is 0 Å². The summed E-state index contributed by atoms with van der Waals surface area (Å²) in [5.41, 5.74) is 2.27. The summed E-state index contributed by atoms with van der Waals surface area (Å²) in [5, 5.41) is 8.92. The zero-order valence-electron chi connectivity index (χ0n) is 10.6. The second kappa shape index (κ2) is 4.77. The maximum atomic E-state index is 12.2. The van der Waals surface area contributed by atoms with Crippen molar-refractivity contribution in [1.29, 1.82) is 0 Å². The Kier molecular flexibility index (Phi) is 2.95. The van der Waals surface area contributed by atoms with E-state index in [2.05, 4.69) is 4.98 Å². The van der Waals surface area contributed by atoms with Gasteiger partial charge in [-0.3, -0.25) is 4.79 Å². The minimum atomic E-state index is -1.07. The molecule has 0 bridgehead atoms. The quantitative estimate of drug-likeness (QED) is 0.923. The highest BCUT2D eigenvalue weighted by atomic mass is 16.4. The maximum Gasteiger partial charge on any atom is 0.354 e. The van der Waals surface area contributed by atoms with Crippen LogP contribution in [-0.4, -0.2) is 26.9 Å². The number of benzene rings is 1. The summed E-state index contributed by atoms with van der Waals surface area (Å²) in [4.78, 5) is 28.8. The number of aromatic nitrogens is 1. The highest BCUT2D eigenvalue weighted by Crippen LogP contribution is 2.23. The number of pyridine rings is 1. The molecule has 0 spiro atoms. The van der Waals surface area contributed by atoms with Crippen LogP contribution in [0, 0.1) is 0 Å². The lowest BCUT2D eigenvalue weighted by molar-refractivity contribution is 0.0690. The summed E-state index contributed by atoms with van der Waals surface area (Å²) in [6, 6.07) is 12.3. The molecule has 5 nitrogen and oxygen atoms in total. The lowest BCUT2D eigenvalue weighted by Crippen LogP contribution is -2.24. The molecule has 1 aromatic carbocycles. The summed E-state index contributed by atoms with van der Waals surface area (Å²) in [7, 11) is 0. The number of carbonyl (C=O) groups is 2. The van der Waals surface area contributed by atoms with Gasteiger partial charge in [-0.2, -0.15) is 0 Å². The standard InChI is InChI=1S/C15H12N2O3/c18-14-12-6-2-1-4-10(12)8-17(14)9-11-5-3-7-13(16-11)15(19)20/h1-7H,8-9H2,(H,19,20). The Morgan fingerprint density at radius 2 is 2.00 bits per heavy atom. The van der Waals surface area contributed by atoms with Crippen LogP contribution in [0.15, 0.2) is 42.5 Å². The van der Waals surface area contributed by atoms with Gasteiger partial charge in [0.2, 0.25) is 0 Å². The third-order valence-corrected chi connectivity index (χ3v) is 3.27. The van der Waals surface area contributed by atoms with E-state index in [1.165, 1.54) is 6.07 Å². The minimum Gasteiger partial charge on any atom is -0.477 e. The lowest BCUT2D eigenvalue weighted by Gasteiger charge is -2.15. The zero-order chi connectivity index (χ0) is 14.1. The smallest absolute Gasteiger partial charge is 0.354 e. The Morgan fingerprint density at radius 3 is 2.75 bits per heavy atom. The summed E-state index contributed by atoms with van der Waals surface area (Å²) in [6.07, 6.45) is 0. The van der Waals surface area contributed by atoms with E-state index in [1.54, 1.807) is 23.1 Å². The molecule has 1 aliphatic heterocycles. The highest BCUT2D eigenvalue weighted by molar-refractivity contribution is 5.98. The number of hydrogen-bond donors (Lipinski definition) is 1. The van der Waals surface area contributed by atoms with Crippen molar-refractivity contribution in [1.82, 2.24) is 9.88 Å². The molecule has 2 heterocycles. The first kappa shape index (κ1) is 12.3. The van der Waals surface area contributed by atoms with Gasteiger partial charge in [0, 0.05) is 12.1 Å². The monoisotopic (exact) mass is 268 g/mol. The molecule has 0 atom stereocenters. The molecule has 1 aromatic heterocycles. The number of fused-ring (bicyclic) bond motifs is 1. The fourth-order valence-electron chi connectivity index (χ4n) is 2.32. The first-order chi connectivity index (χ1) is 9.65. The first-order valence-corrected chi connectivity index (χ1v) is 6.21. The predicted octanol–water partition coefficient (Wildman–Crippen LogP) is 1.94. The number of carboxylic acids is 1. The van der Waals surface area contributed by atoms with Gasteiger partial charge in [0.15, 0.2) is 0 Å². The second-order valence-corrected chi connectivity index (χ2v) is 4.64. The topological polar surface area (TPSA) is 70.5 Å². The van der Waals surface area contributed by atoms with E-state index in [0.29, 0.717) is 24.3 Å². The van der Waals surface area contributed by atoms with Crippen molar-refractivity contribution in [2.24, 2.45) is 0 Å². The van der Waals surface area contributed by atoms with E-state index >= 15 is 0 Å². The molecule has 20 heavy (non-hydrogen) atoms. The van der Waals surface area contributed by atoms with Crippen LogP contribution >= 0.6 is 0 Å². The summed E-state index contributed by atoms with van der Waals surface area (Å²) in [6.45, 7) is 0.850. The van der Waals surface area contributed by atoms with Crippen molar-refractivity contribution in [3.8, 4) is 0 Å². The molecule has 0 saturated carbocycles. The first-order valence-electron chi connectivity index (χ1n) is 6.21. The van der Waals surface area contributed by atoms with Crippen LogP contribution in [0.25, 0.3) is 0 Å². The van der Waals surface area contributed by atoms with E-state index in [0.717, 1.165) is 5.56 Å². The van der Waals surface area contributed by atoms with Crippen LogP contribution in [0.4, 0.5) is 0 Å². The minimum absolute atomic E-state index is 0.00772. The molecule has 3 rings (SSSR count). The Balaban J connectivity index is 1.82. The predicted molar refractivity (Wildman–Crippen MR) is 71.2 cm³/mol.